The molecule has 0 radical (unpaired) electrons. The van der Waals surface area contributed by atoms with Crippen molar-refractivity contribution in [2.75, 3.05) is 0 Å². The molecule has 1 aromatic carbocycles. The highest BCUT2D eigenvalue weighted by molar-refractivity contribution is 5.87. The number of carbonyl (C=O) groups is 2. The van der Waals surface area contributed by atoms with Gasteiger partial charge < -0.3 is 15.0 Å². The number of aromatic carboxylic acids is 1. The van der Waals surface area contributed by atoms with Crippen LogP contribution < -0.4 is 10.9 Å². The van der Waals surface area contributed by atoms with Crippen molar-refractivity contribution in [3.8, 4) is 0 Å². The zero-order valence-electron chi connectivity index (χ0n) is 12.1. The van der Waals surface area contributed by atoms with Crippen LogP contribution in [-0.4, -0.2) is 21.6 Å². The van der Waals surface area contributed by atoms with E-state index in [-0.39, 0.29) is 30.1 Å². The molecular formula is C16H16N2O4. The number of hydrogen-bond acceptors (Lipinski definition) is 3. The summed E-state index contributed by atoms with van der Waals surface area (Å²) in [4.78, 5) is 34.4. The van der Waals surface area contributed by atoms with Gasteiger partial charge in [0, 0.05) is 18.3 Å². The summed E-state index contributed by atoms with van der Waals surface area (Å²) in [5.41, 5.74) is 1.37. The third-order valence-corrected chi connectivity index (χ3v) is 3.21. The fraction of sp³-hybridized carbons (Fsp3) is 0.188. The fourth-order valence-corrected chi connectivity index (χ4v) is 1.96. The Bertz CT molecular complexity index is 747. The van der Waals surface area contributed by atoms with Crippen molar-refractivity contribution in [1.29, 1.82) is 0 Å². The highest BCUT2D eigenvalue weighted by Gasteiger charge is 2.06. The monoisotopic (exact) mass is 300 g/mol. The zero-order valence-corrected chi connectivity index (χ0v) is 12.1. The number of rotatable bonds is 5. The van der Waals surface area contributed by atoms with Crippen LogP contribution in [0.1, 0.15) is 21.5 Å². The Morgan fingerprint density at radius 2 is 1.86 bits per heavy atom. The van der Waals surface area contributed by atoms with E-state index >= 15 is 0 Å². The van der Waals surface area contributed by atoms with E-state index in [1.165, 1.54) is 16.7 Å². The molecule has 0 unspecified atom stereocenters. The van der Waals surface area contributed by atoms with E-state index < -0.39 is 5.97 Å². The first-order chi connectivity index (χ1) is 10.5. The molecule has 0 aliphatic carbocycles. The number of nitrogens with zero attached hydrogens (tertiary/aromatic N) is 1. The molecule has 2 rings (SSSR count). The Morgan fingerprint density at radius 1 is 1.18 bits per heavy atom. The number of carboxylic acids is 1. The quantitative estimate of drug-likeness (QED) is 0.867. The molecule has 0 spiro atoms. The molecule has 0 saturated heterocycles. The van der Waals surface area contributed by atoms with Crippen LogP contribution in [0.2, 0.25) is 0 Å². The maximum atomic E-state index is 11.9. The lowest BCUT2D eigenvalue weighted by Crippen LogP contribution is -2.32. The van der Waals surface area contributed by atoms with Crippen LogP contribution in [0.4, 0.5) is 0 Å². The van der Waals surface area contributed by atoms with Gasteiger partial charge in [0.15, 0.2) is 0 Å². The summed E-state index contributed by atoms with van der Waals surface area (Å²) in [5, 5.41) is 11.5. The summed E-state index contributed by atoms with van der Waals surface area (Å²) < 4.78 is 1.35. The fourth-order valence-electron chi connectivity index (χ4n) is 1.96. The van der Waals surface area contributed by atoms with Crippen molar-refractivity contribution >= 4 is 11.9 Å². The molecule has 6 nitrogen and oxygen atoms in total. The van der Waals surface area contributed by atoms with Gasteiger partial charge >= 0.3 is 5.97 Å². The van der Waals surface area contributed by atoms with E-state index in [1.807, 2.05) is 0 Å². The molecule has 6 heteroatoms. The summed E-state index contributed by atoms with van der Waals surface area (Å²) in [6, 6.07) is 9.66. The molecule has 0 bridgehead atoms. The van der Waals surface area contributed by atoms with Gasteiger partial charge in [-0.05, 0) is 30.7 Å². The second-order valence-corrected chi connectivity index (χ2v) is 4.90. The number of nitrogens with one attached hydrogen (secondary N) is 1. The van der Waals surface area contributed by atoms with Gasteiger partial charge in [-0.3, -0.25) is 9.59 Å². The van der Waals surface area contributed by atoms with Gasteiger partial charge in [0.05, 0.1) is 5.56 Å². The third kappa shape index (κ3) is 3.82. The summed E-state index contributed by atoms with van der Waals surface area (Å²) in [6.07, 6.45) is 1.57. The molecule has 0 saturated carbocycles. The maximum absolute atomic E-state index is 11.9. The Hall–Kier alpha value is -2.89. The van der Waals surface area contributed by atoms with Crippen LogP contribution in [0, 0.1) is 6.92 Å². The van der Waals surface area contributed by atoms with E-state index in [4.69, 9.17) is 5.11 Å². The molecular weight excluding hydrogens is 284 g/mol. The Balaban J connectivity index is 1.94. The largest absolute Gasteiger partial charge is 0.478 e. The molecule has 1 heterocycles. The second-order valence-electron chi connectivity index (χ2n) is 4.90. The Labute approximate surface area is 127 Å². The molecule has 0 atom stereocenters. The van der Waals surface area contributed by atoms with Gasteiger partial charge in [0.25, 0.3) is 5.56 Å². The number of hydrogen-bond donors (Lipinski definition) is 2. The average molecular weight is 300 g/mol. The Kier molecular flexibility index (Phi) is 4.73. The average Bonchev–Trinajstić information content (AvgIpc) is 2.50. The number of carboxylic acid groups (broad SMARTS) is 1. The van der Waals surface area contributed by atoms with Crippen molar-refractivity contribution in [3.63, 3.8) is 0 Å². The number of amides is 1. The van der Waals surface area contributed by atoms with E-state index in [2.05, 4.69) is 5.32 Å². The first-order valence-corrected chi connectivity index (χ1v) is 6.72. The summed E-state index contributed by atoms with van der Waals surface area (Å²) >= 11 is 0. The van der Waals surface area contributed by atoms with E-state index in [0.29, 0.717) is 5.56 Å². The predicted molar refractivity (Wildman–Crippen MR) is 80.7 cm³/mol. The number of benzene rings is 1. The van der Waals surface area contributed by atoms with Gasteiger partial charge in [-0.2, -0.15) is 0 Å². The summed E-state index contributed by atoms with van der Waals surface area (Å²) in [7, 11) is 0. The second kappa shape index (κ2) is 6.71. The van der Waals surface area contributed by atoms with Crippen molar-refractivity contribution in [2.24, 2.45) is 0 Å². The molecule has 0 aliphatic heterocycles. The van der Waals surface area contributed by atoms with E-state index in [9.17, 15) is 14.4 Å². The number of carbonyl (C=O) groups excluding carboxylic acids is 1. The first kappa shape index (κ1) is 15.5. The molecule has 2 aromatic rings. The van der Waals surface area contributed by atoms with Gasteiger partial charge in [0.1, 0.15) is 6.54 Å². The maximum Gasteiger partial charge on any atom is 0.335 e. The highest BCUT2D eigenvalue weighted by Crippen LogP contribution is 2.04. The third-order valence-electron chi connectivity index (χ3n) is 3.21. The normalized spacial score (nSPS) is 10.2. The molecule has 1 amide bonds. The smallest absolute Gasteiger partial charge is 0.335 e. The standard InChI is InChI=1S/C16H16N2O4/c1-11-3-2-8-18(15(11)20)10-14(19)17-9-12-4-6-13(7-5-12)16(21)22/h2-8H,9-10H2,1H3,(H,17,19)(H,21,22). The lowest BCUT2D eigenvalue weighted by molar-refractivity contribution is -0.121. The van der Waals surface area contributed by atoms with Crippen LogP contribution in [0.5, 0.6) is 0 Å². The van der Waals surface area contributed by atoms with E-state index in [0.717, 1.165) is 5.56 Å². The van der Waals surface area contributed by atoms with Gasteiger partial charge in [-0.15, -0.1) is 0 Å². The summed E-state index contributed by atoms with van der Waals surface area (Å²) in [5.74, 6) is -1.27. The molecule has 22 heavy (non-hydrogen) atoms. The van der Waals surface area contributed by atoms with Crippen LogP contribution in [0.3, 0.4) is 0 Å². The number of aromatic nitrogens is 1. The number of aryl methyl sites for hydroxylation is 1. The zero-order chi connectivity index (χ0) is 16.1. The van der Waals surface area contributed by atoms with Crippen molar-refractivity contribution in [2.45, 2.75) is 20.0 Å². The molecule has 114 valence electrons. The minimum absolute atomic E-state index is 0.0479. The first-order valence-electron chi connectivity index (χ1n) is 6.72. The van der Waals surface area contributed by atoms with Gasteiger partial charge in [0.2, 0.25) is 5.91 Å². The number of pyridine rings is 1. The topological polar surface area (TPSA) is 88.4 Å². The van der Waals surface area contributed by atoms with Crippen LogP contribution >= 0.6 is 0 Å². The van der Waals surface area contributed by atoms with E-state index in [1.54, 1.807) is 37.4 Å². The molecule has 2 N–H and O–H groups in total. The Morgan fingerprint density at radius 3 is 2.50 bits per heavy atom. The van der Waals surface area contributed by atoms with Crippen molar-refractivity contribution in [1.82, 2.24) is 9.88 Å². The lowest BCUT2D eigenvalue weighted by atomic mass is 10.1. The predicted octanol–water partition coefficient (Wildman–Crippen LogP) is 1.17. The van der Waals surface area contributed by atoms with Crippen LogP contribution in [0.25, 0.3) is 0 Å². The SMILES string of the molecule is Cc1cccn(CC(=O)NCc2ccc(C(=O)O)cc2)c1=O. The van der Waals surface area contributed by atoms with Crippen molar-refractivity contribution in [3.05, 3.63) is 69.6 Å². The van der Waals surface area contributed by atoms with Crippen molar-refractivity contribution < 1.29 is 14.7 Å². The van der Waals surface area contributed by atoms with Crippen LogP contribution in [-0.2, 0) is 17.9 Å². The minimum atomic E-state index is -0.991. The summed E-state index contributed by atoms with van der Waals surface area (Å²) in [6.45, 7) is 1.92. The van der Waals surface area contributed by atoms with Gasteiger partial charge in [-0.25, -0.2) is 4.79 Å². The van der Waals surface area contributed by atoms with Crippen LogP contribution in [0.15, 0.2) is 47.4 Å². The molecule has 0 aliphatic rings. The lowest BCUT2D eigenvalue weighted by Gasteiger charge is -2.08. The molecule has 0 fully saturated rings. The minimum Gasteiger partial charge on any atom is -0.478 e. The molecule has 1 aromatic heterocycles. The van der Waals surface area contributed by atoms with Gasteiger partial charge in [-0.1, -0.05) is 18.2 Å². The highest BCUT2D eigenvalue weighted by atomic mass is 16.4.